The lowest BCUT2D eigenvalue weighted by molar-refractivity contribution is 0.397. The van der Waals surface area contributed by atoms with E-state index >= 15 is 0 Å². The van der Waals surface area contributed by atoms with Gasteiger partial charge in [0.15, 0.2) is 0 Å². The smallest absolute Gasteiger partial charge is 0.230 e. The molecule has 8 nitrogen and oxygen atoms in total. The summed E-state index contributed by atoms with van der Waals surface area (Å²) in [6, 6.07) is 17.8. The Morgan fingerprint density at radius 1 is 1.03 bits per heavy atom. The van der Waals surface area contributed by atoms with E-state index in [-0.39, 0.29) is 17.8 Å². The molecule has 0 unspecified atom stereocenters. The molecule has 0 radical (unpaired) electrons. The maximum absolute atomic E-state index is 13.7. The first kappa shape index (κ1) is 24.4. The number of nitrogens with zero attached hydrogens (tertiary/aromatic N) is 5. The lowest BCUT2D eigenvalue weighted by atomic mass is 10.0. The molecule has 0 saturated carbocycles. The summed E-state index contributed by atoms with van der Waals surface area (Å²) in [5.74, 6) is 0.457. The van der Waals surface area contributed by atoms with Crippen LogP contribution in [-0.4, -0.2) is 51.3 Å². The van der Waals surface area contributed by atoms with E-state index in [0.717, 1.165) is 28.5 Å². The van der Waals surface area contributed by atoms with E-state index in [9.17, 15) is 12.8 Å². The molecule has 0 N–H and O–H groups in total. The molecule has 1 aliphatic rings. The fraction of sp³-hybridized carbons (Fsp3) is 0.250. The van der Waals surface area contributed by atoms with Gasteiger partial charge in [-0.1, -0.05) is 30.3 Å². The van der Waals surface area contributed by atoms with Gasteiger partial charge in [0.2, 0.25) is 15.7 Å². The number of hydrogen-bond acceptors (Lipinski definition) is 6. The number of aromatic nitrogens is 4. The molecule has 3 aromatic heterocycles. The number of fused-ring (bicyclic) bond motifs is 1. The van der Waals surface area contributed by atoms with Crippen molar-refractivity contribution in [2.45, 2.75) is 25.9 Å². The standard InChI is InChI=1S/C28H26FN5O3S/c1-18-12-19(15-34(18)38(2,35)36)14-33-16-24(26(32-33)21-8-10-22(29)11-9-21)27-23-13-25(20-6-4-3-5-7-20)37-28(23)31-17-30-27/h3-11,13,16-19H,12,14-15H2,1-2H3/t18-,19+/m0/s1. The quantitative estimate of drug-likeness (QED) is 0.298. The van der Waals surface area contributed by atoms with Crippen LogP contribution < -0.4 is 0 Å². The predicted octanol–water partition coefficient (Wildman–Crippen LogP) is 5.23. The van der Waals surface area contributed by atoms with Crippen LogP contribution in [0.4, 0.5) is 4.39 Å². The number of hydrogen-bond donors (Lipinski definition) is 0. The summed E-state index contributed by atoms with van der Waals surface area (Å²) < 4.78 is 47.5. The summed E-state index contributed by atoms with van der Waals surface area (Å²) >= 11 is 0. The van der Waals surface area contributed by atoms with Crippen molar-refractivity contribution in [1.82, 2.24) is 24.1 Å². The topological polar surface area (TPSA) is 94.1 Å². The molecule has 4 heterocycles. The highest BCUT2D eigenvalue weighted by molar-refractivity contribution is 7.88. The molecule has 10 heteroatoms. The molecule has 5 aromatic rings. The number of sulfonamides is 1. The van der Waals surface area contributed by atoms with Crippen molar-refractivity contribution in [1.29, 1.82) is 0 Å². The molecular formula is C28H26FN5O3S. The van der Waals surface area contributed by atoms with Crippen molar-refractivity contribution in [3.63, 3.8) is 0 Å². The first-order valence-corrected chi connectivity index (χ1v) is 14.2. The maximum Gasteiger partial charge on any atom is 0.230 e. The second kappa shape index (κ2) is 9.45. The molecule has 1 aliphatic heterocycles. The largest absolute Gasteiger partial charge is 0.438 e. The summed E-state index contributed by atoms with van der Waals surface area (Å²) in [7, 11) is -3.27. The van der Waals surface area contributed by atoms with Crippen molar-refractivity contribution in [2.24, 2.45) is 5.92 Å². The van der Waals surface area contributed by atoms with Crippen LogP contribution >= 0.6 is 0 Å². The molecule has 1 fully saturated rings. The minimum atomic E-state index is -3.27. The molecular weight excluding hydrogens is 505 g/mol. The van der Waals surface area contributed by atoms with Gasteiger partial charge < -0.3 is 4.42 Å². The van der Waals surface area contributed by atoms with Crippen LogP contribution in [0.5, 0.6) is 0 Å². The Morgan fingerprint density at radius 3 is 2.50 bits per heavy atom. The van der Waals surface area contributed by atoms with Crippen molar-refractivity contribution in [3.05, 3.63) is 79.0 Å². The highest BCUT2D eigenvalue weighted by Gasteiger charge is 2.35. The molecule has 0 amide bonds. The molecule has 2 atom stereocenters. The normalized spacial score (nSPS) is 18.4. The molecule has 0 bridgehead atoms. The first-order chi connectivity index (χ1) is 18.3. The summed E-state index contributed by atoms with van der Waals surface area (Å²) in [6.45, 7) is 2.92. The van der Waals surface area contributed by atoms with Gasteiger partial charge in [-0.05, 0) is 49.6 Å². The van der Waals surface area contributed by atoms with Gasteiger partial charge in [-0.3, -0.25) is 4.68 Å². The van der Waals surface area contributed by atoms with Crippen LogP contribution in [0.15, 0.2) is 77.6 Å². The molecule has 0 aliphatic carbocycles. The van der Waals surface area contributed by atoms with Crippen molar-refractivity contribution in [2.75, 3.05) is 12.8 Å². The Labute approximate surface area is 219 Å². The van der Waals surface area contributed by atoms with Crippen molar-refractivity contribution in [3.8, 4) is 33.8 Å². The summed E-state index contributed by atoms with van der Waals surface area (Å²) in [4.78, 5) is 8.94. The van der Waals surface area contributed by atoms with E-state index in [4.69, 9.17) is 9.52 Å². The number of benzene rings is 2. The van der Waals surface area contributed by atoms with Crippen LogP contribution in [0.25, 0.3) is 44.9 Å². The third-order valence-corrected chi connectivity index (χ3v) is 8.36. The monoisotopic (exact) mass is 531 g/mol. The predicted molar refractivity (Wildman–Crippen MR) is 143 cm³/mol. The van der Waals surface area contributed by atoms with E-state index < -0.39 is 10.0 Å². The lowest BCUT2D eigenvalue weighted by Crippen LogP contribution is -2.33. The first-order valence-electron chi connectivity index (χ1n) is 12.4. The van der Waals surface area contributed by atoms with E-state index in [1.165, 1.54) is 24.7 Å². The maximum atomic E-state index is 13.7. The van der Waals surface area contributed by atoms with Crippen LogP contribution in [0.2, 0.25) is 0 Å². The van der Waals surface area contributed by atoms with Gasteiger partial charge in [0.05, 0.1) is 17.3 Å². The Balaban J connectivity index is 1.43. The van der Waals surface area contributed by atoms with E-state index in [1.54, 1.807) is 16.4 Å². The third-order valence-electron chi connectivity index (χ3n) is 7.00. The van der Waals surface area contributed by atoms with Gasteiger partial charge in [0.25, 0.3) is 0 Å². The fourth-order valence-corrected chi connectivity index (χ4v) is 6.51. The second-order valence-electron chi connectivity index (χ2n) is 9.82. The highest BCUT2D eigenvalue weighted by Crippen LogP contribution is 2.37. The molecule has 194 valence electrons. The van der Waals surface area contributed by atoms with Crippen LogP contribution in [0, 0.1) is 11.7 Å². The van der Waals surface area contributed by atoms with Crippen LogP contribution in [0.3, 0.4) is 0 Å². The van der Waals surface area contributed by atoms with Gasteiger partial charge in [-0.25, -0.2) is 22.8 Å². The van der Waals surface area contributed by atoms with E-state index in [2.05, 4.69) is 9.97 Å². The number of halogens is 1. The average molecular weight is 532 g/mol. The Hall–Kier alpha value is -3.89. The zero-order chi connectivity index (χ0) is 26.4. The van der Waals surface area contributed by atoms with Crippen molar-refractivity contribution < 1.29 is 17.2 Å². The van der Waals surface area contributed by atoms with E-state index in [0.29, 0.717) is 36.0 Å². The molecule has 2 aromatic carbocycles. The third kappa shape index (κ3) is 4.61. The van der Waals surface area contributed by atoms with Gasteiger partial charge >= 0.3 is 0 Å². The van der Waals surface area contributed by atoms with Gasteiger partial charge in [0.1, 0.15) is 23.6 Å². The minimum Gasteiger partial charge on any atom is -0.438 e. The Bertz CT molecular complexity index is 1710. The second-order valence-corrected chi connectivity index (χ2v) is 11.8. The molecule has 38 heavy (non-hydrogen) atoms. The minimum absolute atomic E-state index is 0.0644. The lowest BCUT2D eigenvalue weighted by Gasteiger charge is -2.17. The Kier molecular flexibility index (Phi) is 6.08. The number of rotatable bonds is 6. The fourth-order valence-electron chi connectivity index (χ4n) is 5.29. The van der Waals surface area contributed by atoms with Gasteiger partial charge in [-0.15, -0.1) is 0 Å². The van der Waals surface area contributed by atoms with Crippen molar-refractivity contribution >= 4 is 21.1 Å². The zero-order valence-corrected chi connectivity index (χ0v) is 21.8. The summed E-state index contributed by atoms with van der Waals surface area (Å²) in [5.41, 5.74) is 4.20. The molecule has 0 spiro atoms. The van der Waals surface area contributed by atoms with E-state index in [1.807, 2.05) is 54.2 Å². The average Bonchev–Trinajstić information content (AvgIpc) is 3.61. The Morgan fingerprint density at radius 2 is 1.79 bits per heavy atom. The summed E-state index contributed by atoms with van der Waals surface area (Å²) in [6.07, 6.45) is 5.38. The zero-order valence-electron chi connectivity index (χ0n) is 21.0. The highest BCUT2D eigenvalue weighted by atomic mass is 32.2. The van der Waals surface area contributed by atoms with Crippen LogP contribution in [-0.2, 0) is 16.6 Å². The summed E-state index contributed by atoms with van der Waals surface area (Å²) in [5, 5.41) is 5.61. The molecule has 1 saturated heterocycles. The van der Waals surface area contributed by atoms with Gasteiger partial charge in [-0.2, -0.15) is 9.40 Å². The van der Waals surface area contributed by atoms with Crippen LogP contribution in [0.1, 0.15) is 13.3 Å². The van der Waals surface area contributed by atoms with Gasteiger partial charge in [0, 0.05) is 42.0 Å². The molecule has 6 rings (SSSR count). The SMILES string of the molecule is C[C@H]1C[C@H](Cn2cc(-c3ncnc4oc(-c5ccccc5)cc34)c(-c3ccc(F)cc3)n2)CN1S(C)(=O)=O. The number of furan rings is 1.